The van der Waals surface area contributed by atoms with Gasteiger partial charge in [-0.1, -0.05) is 18.2 Å². The Kier molecular flexibility index (Phi) is 7.54. The number of carbonyl (C=O) groups is 2. The van der Waals surface area contributed by atoms with E-state index in [-0.39, 0.29) is 30.6 Å². The van der Waals surface area contributed by atoms with Gasteiger partial charge in [0.1, 0.15) is 0 Å². The van der Waals surface area contributed by atoms with Gasteiger partial charge < -0.3 is 20.9 Å². The number of likely N-dealkylation sites (tertiary alicyclic amines) is 1. The van der Waals surface area contributed by atoms with Crippen LogP contribution in [0.3, 0.4) is 0 Å². The number of rotatable bonds is 5. The lowest BCUT2D eigenvalue weighted by Gasteiger charge is -2.42. The summed E-state index contributed by atoms with van der Waals surface area (Å²) in [5.74, 6) is 0.436. The summed E-state index contributed by atoms with van der Waals surface area (Å²) in [7, 11) is 0. The number of hydrogen-bond acceptors (Lipinski definition) is 5. The molecule has 0 atom stereocenters. The maximum Gasteiger partial charge on any atom is 0.223 e. The number of para-hydroxylation sites is 1. The van der Waals surface area contributed by atoms with Crippen LogP contribution in [0.25, 0.3) is 0 Å². The normalized spacial score (nSPS) is 17.1. The molecule has 2 aromatic carbocycles. The minimum atomic E-state index is -0.0972. The number of fused-ring (bicyclic) bond motifs is 1. The molecule has 2 aliphatic heterocycles. The molecule has 0 radical (unpaired) electrons. The molecule has 2 aromatic rings. The predicted octanol–water partition coefficient (Wildman–Crippen LogP) is 4.51. The lowest BCUT2D eigenvalue weighted by molar-refractivity contribution is -0.132. The summed E-state index contributed by atoms with van der Waals surface area (Å²) in [6.07, 6.45) is 3.74. The number of carbonyl (C=O) groups excluding carboxylic acids is 2. The molecular formula is C24H24Br2N6O2. The fraction of sp³-hybridized carbons (Fsp3) is 0.333. The van der Waals surface area contributed by atoms with Crippen LogP contribution < -0.4 is 11.1 Å². The summed E-state index contributed by atoms with van der Waals surface area (Å²) in [5.41, 5.74) is 9.05. The van der Waals surface area contributed by atoms with Crippen molar-refractivity contribution in [1.82, 2.24) is 9.80 Å². The number of piperidine rings is 1. The van der Waals surface area contributed by atoms with Gasteiger partial charge in [0.2, 0.25) is 18.1 Å². The number of hydrogen-bond donors (Lipinski definition) is 2. The Morgan fingerprint density at radius 2 is 1.82 bits per heavy atom. The second-order valence-electron chi connectivity index (χ2n) is 8.33. The first kappa shape index (κ1) is 24.2. The topological polar surface area (TPSA) is 115 Å². The summed E-state index contributed by atoms with van der Waals surface area (Å²) in [6.45, 7) is 1.88. The van der Waals surface area contributed by atoms with E-state index < -0.39 is 0 Å². The van der Waals surface area contributed by atoms with Crippen molar-refractivity contribution in [1.29, 1.82) is 5.26 Å². The highest BCUT2D eigenvalue weighted by Crippen LogP contribution is 2.31. The van der Waals surface area contributed by atoms with Gasteiger partial charge in [-0.05, 0) is 68.5 Å². The third kappa shape index (κ3) is 5.26. The maximum absolute atomic E-state index is 12.8. The standard InChI is InChI=1S/C24H24Br2N6O2/c25-18-11-16(12-19(26)23(18)28)21(33)5-6-22(34)31-9-7-17(8-10-31)32-13-15-3-1-2-4-20(15)30-24(32)29-14-27/h1-4,11-12,17H,5-10,13,28H2,(H,29,30). The van der Waals surface area contributed by atoms with Crippen LogP contribution in [0.5, 0.6) is 0 Å². The van der Waals surface area contributed by atoms with E-state index in [2.05, 4.69) is 53.1 Å². The largest absolute Gasteiger partial charge is 0.397 e. The molecule has 1 saturated heterocycles. The lowest BCUT2D eigenvalue weighted by Crippen LogP contribution is -2.51. The van der Waals surface area contributed by atoms with Crippen molar-refractivity contribution in [2.45, 2.75) is 38.3 Å². The number of nitrogens with two attached hydrogens (primary N) is 1. The molecule has 1 fully saturated rings. The number of guanidine groups is 1. The van der Waals surface area contributed by atoms with E-state index in [1.165, 1.54) is 0 Å². The van der Waals surface area contributed by atoms with Crippen LogP contribution in [0.15, 0.2) is 50.3 Å². The fourth-order valence-corrected chi connectivity index (χ4v) is 5.55. The van der Waals surface area contributed by atoms with E-state index >= 15 is 0 Å². The van der Waals surface area contributed by atoms with E-state index in [1.54, 1.807) is 12.1 Å². The molecule has 34 heavy (non-hydrogen) atoms. The number of amides is 1. The Balaban J connectivity index is 1.33. The van der Waals surface area contributed by atoms with Gasteiger partial charge in [0.25, 0.3) is 0 Å². The van der Waals surface area contributed by atoms with E-state index in [9.17, 15) is 9.59 Å². The second kappa shape index (κ2) is 10.6. The van der Waals surface area contributed by atoms with Crippen LogP contribution in [0.4, 0.5) is 11.4 Å². The molecule has 1 amide bonds. The SMILES string of the molecule is N#C/N=C1/Nc2ccccc2CN1C1CCN(C(=O)CCC(=O)c2cc(Br)c(N)c(Br)c2)CC1. The van der Waals surface area contributed by atoms with Crippen LogP contribution in [-0.2, 0) is 11.3 Å². The van der Waals surface area contributed by atoms with Crippen molar-refractivity contribution in [3.05, 3.63) is 56.5 Å². The van der Waals surface area contributed by atoms with Crippen molar-refractivity contribution in [2.75, 3.05) is 24.1 Å². The first-order chi connectivity index (χ1) is 16.4. The monoisotopic (exact) mass is 586 g/mol. The van der Waals surface area contributed by atoms with Crippen molar-refractivity contribution in [3.63, 3.8) is 0 Å². The molecule has 2 heterocycles. The number of aliphatic imine (C=N–C) groups is 1. The van der Waals surface area contributed by atoms with Crippen LogP contribution in [-0.4, -0.2) is 46.6 Å². The zero-order valence-corrected chi connectivity index (χ0v) is 21.6. The second-order valence-corrected chi connectivity index (χ2v) is 10.0. The average molecular weight is 588 g/mol. The smallest absolute Gasteiger partial charge is 0.223 e. The summed E-state index contributed by atoms with van der Waals surface area (Å²) in [6, 6.07) is 11.5. The van der Waals surface area contributed by atoms with Gasteiger partial charge in [-0.3, -0.25) is 9.59 Å². The number of Topliss-reactive ketones (excluding diaryl/α,β-unsaturated/α-hetero) is 1. The Bertz CT molecular complexity index is 1160. The van der Waals surface area contributed by atoms with E-state index in [1.807, 2.05) is 29.3 Å². The molecule has 176 valence electrons. The fourth-order valence-electron chi connectivity index (χ4n) is 4.37. The van der Waals surface area contributed by atoms with Gasteiger partial charge in [0, 0.05) is 58.7 Å². The molecule has 10 heteroatoms. The van der Waals surface area contributed by atoms with Gasteiger partial charge in [0.15, 0.2) is 5.78 Å². The number of benzene rings is 2. The third-order valence-corrected chi connectivity index (χ3v) is 7.57. The number of halogens is 2. The minimum Gasteiger partial charge on any atom is -0.397 e. The quantitative estimate of drug-likeness (QED) is 0.302. The molecule has 0 aliphatic carbocycles. The average Bonchev–Trinajstić information content (AvgIpc) is 2.85. The summed E-state index contributed by atoms with van der Waals surface area (Å²) < 4.78 is 1.29. The molecule has 2 aliphatic rings. The summed E-state index contributed by atoms with van der Waals surface area (Å²) >= 11 is 6.70. The number of nitrogen functional groups attached to an aromatic ring is 1. The number of nitrogens with one attached hydrogen (secondary N) is 1. The highest BCUT2D eigenvalue weighted by Gasteiger charge is 2.31. The molecule has 0 unspecified atom stereocenters. The van der Waals surface area contributed by atoms with E-state index in [0.717, 1.165) is 24.1 Å². The van der Waals surface area contributed by atoms with Gasteiger partial charge >= 0.3 is 0 Å². The number of nitriles is 1. The van der Waals surface area contributed by atoms with Crippen LogP contribution in [0.2, 0.25) is 0 Å². The van der Waals surface area contributed by atoms with Gasteiger partial charge in [0.05, 0.1) is 5.69 Å². The summed E-state index contributed by atoms with van der Waals surface area (Å²) in [4.78, 5) is 33.3. The van der Waals surface area contributed by atoms with E-state index in [4.69, 9.17) is 11.0 Å². The van der Waals surface area contributed by atoms with Crippen LogP contribution in [0.1, 0.15) is 41.6 Å². The van der Waals surface area contributed by atoms with Crippen molar-refractivity contribution in [3.8, 4) is 6.19 Å². The Morgan fingerprint density at radius 3 is 2.50 bits per heavy atom. The molecule has 0 aromatic heterocycles. The van der Waals surface area contributed by atoms with Gasteiger partial charge in [-0.15, -0.1) is 4.99 Å². The number of anilines is 2. The van der Waals surface area contributed by atoms with E-state index in [0.29, 0.717) is 45.8 Å². The minimum absolute atomic E-state index is 0.0200. The van der Waals surface area contributed by atoms with Crippen molar-refractivity contribution < 1.29 is 9.59 Å². The zero-order valence-electron chi connectivity index (χ0n) is 18.4. The molecule has 0 spiro atoms. The highest BCUT2D eigenvalue weighted by molar-refractivity contribution is 9.11. The maximum atomic E-state index is 12.8. The molecule has 4 rings (SSSR count). The molecule has 0 bridgehead atoms. The first-order valence-electron chi connectivity index (χ1n) is 11.0. The summed E-state index contributed by atoms with van der Waals surface area (Å²) in [5, 5.41) is 12.4. The Hall–Kier alpha value is -2.90. The van der Waals surface area contributed by atoms with Crippen LogP contribution >= 0.6 is 31.9 Å². The van der Waals surface area contributed by atoms with Gasteiger partial charge in [-0.2, -0.15) is 5.26 Å². The van der Waals surface area contributed by atoms with Gasteiger partial charge in [-0.25, -0.2) is 0 Å². The van der Waals surface area contributed by atoms with Crippen molar-refractivity contribution in [2.24, 2.45) is 4.99 Å². The Labute approximate surface area is 215 Å². The number of ketones is 1. The van der Waals surface area contributed by atoms with Crippen molar-refractivity contribution >= 4 is 60.9 Å². The molecule has 0 saturated carbocycles. The van der Waals surface area contributed by atoms with Crippen LogP contribution in [0, 0.1) is 11.5 Å². The number of nitrogens with zero attached hydrogens (tertiary/aromatic N) is 4. The Morgan fingerprint density at radius 1 is 1.15 bits per heavy atom. The lowest BCUT2D eigenvalue weighted by atomic mass is 10.00. The highest BCUT2D eigenvalue weighted by atomic mass is 79.9. The molecule has 3 N–H and O–H groups in total. The molecule has 8 nitrogen and oxygen atoms in total. The first-order valence-corrected chi connectivity index (χ1v) is 12.6. The predicted molar refractivity (Wildman–Crippen MR) is 138 cm³/mol. The zero-order chi connectivity index (χ0) is 24.2. The molecular weight excluding hydrogens is 564 g/mol. The third-order valence-electron chi connectivity index (χ3n) is 6.26.